The Balaban J connectivity index is 1.28. The third-order valence-electron chi connectivity index (χ3n) is 5.71. The molecule has 0 fully saturated rings. The molecular weight excluding hydrogens is 456 g/mol. The van der Waals surface area contributed by atoms with Gasteiger partial charge >= 0.3 is 0 Å². The van der Waals surface area contributed by atoms with Crippen molar-refractivity contribution in [3.05, 3.63) is 62.2 Å². The molecule has 1 N–H and O–H groups in total. The number of benzene rings is 1. The van der Waals surface area contributed by atoms with Gasteiger partial charge in [-0.15, -0.1) is 22.7 Å². The number of anilines is 1. The van der Waals surface area contributed by atoms with Gasteiger partial charge in [-0.3, -0.25) is 4.79 Å². The number of hydrogen-bond donors (Lipinski definition) is 1. The Morgan fingerprint density at radius 3 is 2.73 bits per heavy atom. The number of nitrogens with one attached hydrogen (secondary N) is 1. The molecule has 0 saturated carbocycles. The van der Waals surface area contributed by atoms with Gasteiger partial charge in [-0.05, 0) is 51.5 Å². The minimum atomic E-state index is -0.0961. The molecule has 4 aromatic rings. The zero-order valence-electron chi connectivity index (χ0n) is 18.9. The predicted molar refractivity (Wildman–Crippen MR) is 131 cm³/mol. The summed E-state index contributed by atoms with van der Waals surface area (Å²) in [6.45, 7) is 8.51. The summed E-state index contributed by atoms with van der Waals surface area (Å²) in [5, 5.41) is 6.68. The fourth-order valence-electron chi connectivity index (χ4n) is 3.98. The number of rotatable bonds is 6. The molecule has 170 valence electrons. The van der Waals surface area contributed by atoms with Gasteiger partial charge in [0.2, 0.25) is 12.7 Å². The first kappa shape index (κ1) is 21.7. The second-order valence-electron chi connectivity index (χ2n) is 8.06. The molecule has 0 unspecified atom stereocenters. The highest BCUT2D eigenvalue weighted by Gasteiger charge is 2.18. The summed E-state index contributed by atoms with van der Waals surface area (Å²) in [5.41, 5.74) is 6.13. The quantitative estimate of drug-likeness (QED) is 0.407. The van der Waals surface area contributed by atoms with Gasteiger partial charge in [-0.1, -0.05) is 6.07 Å². The fraction of sp³-hybridized carbons (Fsp3) is 0.292. The highest BCUT2D eigenvalue weighted by Crippen LogP contribution is 2.34. The molecule has 1 aliphatic rings. The van der Waals surface area contributed by atoms with E-state index in [2.05, 4.69) is 26.7 Å². The number of nitrogens with zero attached hydrogens (tertiary/aromatic N) is 3. The second kappa shape index (κ2) is 8.64. The third kappa shape index (κ3) is 4.38. The van der Waals surface area contributed by atoms with Gasteiger partial charge in [0.1, 0.15) is 6.54 Å². The smallest absolute Gasteiger partial charge is 0.246 e. The van der Waals surface area contributed by atoms with E-state index in [0.29, 0.717) is 5.13 Å². The van der Waals surface area contributed by atoms with E-state index in [1.54, 1.807) is 11.3 Å². The summed E-state index contributed by atoms with van der Waals surface area (Å²) < 4.78 is 12.9. The van der Waals surface area contributed by atoms with Crippen LogP contribution in [0.1, 0.15) is 32.5 Å². The van der Waals surface area contributed by atoms with Crippen molar-refractivity contribution in [2.45, 2.75) is 40.7 Å². The number of carbonyl (C=O) groups is 1. The van der Waals surface area contributed by atoms with Crippen LogP contribution in [0.5, 0.6) is 11.5 Å². The number of amides is 1. The maximum Gasteiger partial charge on any atom is 0.246 e. The van der Waals surface area contributed by atoms with E-state index in [0.717, 1.165) is 61.7 Å². The van der Waals surface area contributed by atoms with Crippen LogP contribution >= 0.6 is 22.7 Å². The van der Waals surface area contributed by atoms with E-state index in [9.17, 15) is 4.79 Å². The monoisotopic (exact) mass is 480 g/mol. The SMILES string of the molecule is Cc1nc(-c2cc(C)n(CC(=O)Nc3nc(C)c(Cc4ccc5c(c4)OCO5)s3)c2C)cs1. The largest absolute Gasteiger partial charge is 0.454 e. The molecule has 0 radical (unpaired) electrons. The van der Waals surface area contributed by atoms with E-state index in [1.165, 1.54) is 11.3 Å². The molecule has 0 spiro atoms. The van der Waals surface area contributed by atoms with Crippen molar-refractivity contribution in [1.29, 1.82) is 0 Å². The maximum atomic E-state index is 12.8. The maximum absolute atomic E-state index is 12.8. The first-order valence-electron chi connectivity index (χ1n) is 10.6. The summed E-state index contributed by atoms with van der Waals surface area (Å²) in [4.78, 5) is 23.1. The third-order valence-corrected chi connectivity index (χ3v) is 7.56. The van der Waals surface area contributed by atoms with Crippen LogP contribution in [0.3, 0.4) is 0 Å². The van der Waals surface area contributed by atoms with Crippen molar-refractivity contribution < 1.29 is 14.3 Å². The molecular formula is C24H24N4O3S2. The lowest BCUT2D eigenvalue weighted by Crippen LogP contribution is -2.20. The Kier molecular flexibility index (Phi) is 5.67. The summed E-state index contributed by atoms with van der Waals surface area (Å²) >= 11 is 3.14. The van der Waals surface area contributed by atoms with Crippen molar-refractivity contribution in [2.24, 2.45) is 0 Å². The predicted octanol–water partition coefficient (Wildman–Crippen LogP) is 5.26. The van der Waals surface area contributed by atoms with E-state index >= 15 is 0 Å². The van der Waals surface area contributed by atoms with Crippen LogP contribution in [0, 0.1) is 27.7 Å². The molecule has 1 amide bonds. The van der Waals surface area contributed by atoms with Gasteiger partial charge in [0.25, 0.3) is 0 Å². The van der Waals surface area contributed by atoms with Gasteiger partial charge in [0.05, 0.1) is 16.4 Å². The van der Waals surface area contributed by atoms with Crippen LogP contribution in [0.2, 0.25) is 0 Å². The van der Waals surface area contributed by atoms with Crippen molar-refractivity contribution in [3.63, 3.8) is 0 Å². The summed E-state index contributed by atoms with van der Waals surface area (Å²) in [6, 6.07) is 8.05. The minimum Gasteiger partial charge on any atom is -0.454 e. The van der Waals surface area contributed by atoms with Crippen LogP contribution in [0.15, 0.2) is 29.6 Å². The van der Waals surface area contributed by atoms with Gasteiger partial charge in [-0.25, -0.2) is 9.97 Å². The zero-order chi connectivity index (χ0) is 23.1. The average Bonchev–Trinajstić information content (AvgIpc) is 3.54. The summed E-state index contributed by atoms with van der Waals surface area (Å²) in [6.07, 6.45) is 0.724. The van der Waals surface area contributed by atoms with Crippen molar-refractivity contribution in [2.75, 3.05) is 12.1 Å². The molecule has 7 nitrogen and oxygen atoms in total. The van der Waals surface area contributed by atoms with Crippen LogP contribution in [0.25, 0.3) is 11.3 Å². The van der Waals surface area contributed by atoms with Crippen molar-refractivity contribution in [1.82, 2.24) is 14.5 Å². The molecule has 1 aliphatic heterocycles. The van der Waals surface area contributed by atoms with Crippen molar-refractivity contribution >= 4 is 33.7 Å². The Hall–Kier alpha value is -3.17. The Labute approximate surface area is 200 Å². The normalized spacial score (nSPS) is 12.4. The zero-order valence-corrected chi connectivity index (χ0v) is 20.5. The topological polar surface area (TPSA) is 78.3 Å². The summed E-state index contributed by atoms with van der Waals surface area (Å²) in [7, 11) is 0. The van der Waals surface area contributed by atoms with Crippen LogP contribution < -0.4 is 14.8 Å². The lowest BCUT2D eigenvalue weighted by Gasteiger charge is -2.09. The minimum absolute atomic E-state index is 0.0961. The molecule has 5 rings (SSSR count). The van der Waals surface area contributed by atoms with E-state index in [-0.39, 0.29) is 19.2 Å². The fourth-order valence-corrected chi connectivity index (χ4v) is 5.60. The van der Waals surface area contributed by atoms with Crippen LogP contribution in [0.4, 0.5) is 5.13 Å². The van der Waals surface area contributed by atoms with Crippen LogP contribution in [-0.2, 0) is 17.8 Å². The van der Waals surface area contributed by atoms with Gasteiger partial charge in [0.15, 0.2) is 16.6 Å². The van der Waals surface area contributed by atoms with Crippen LogP contribution in [-0.4, -0.2) is 27.2 Å². The Morgan fingerprint density at radius 2 is 1.94 bits per heavy atom. The van der Waals surface area contributed by atoms with E-state index < -0.39 is 0 Å². The first-order chi connectivity index (χ1) is 15.9. The lowest BCUT2D eigenvalue weighted by molar-refractivity contribution is -0.116. The molecule has 9 heteroatoms. The first-order valence-corrected chi connectivity index (χ1v) is 12.3. The number of hydrogen-bond acceptors (Lipinski definition) is 7. The highest BCUT2D eigenvalue weighted by molar-refractivity contribution is 7.15. The second-order valence-corrected chi connectivity index (χ2v) is 10.2. The van der Waals surface area contributed by atoms with E-state index in [4.69, 9.17) is 9.47 Å². The molecule has 3 aromatic heterocycles. The molecule has 1 aromatic carbocycles. The molecule has 0 atom stereocenters. The molecule has 0 saturated heterocycles. The number of aromatic nitrogens is 3. The summed E-state index contributed by atoms with van der Waals surface area (Å²) in [5.74, 6) is 1.45. The van der Waals surface area contributed by atoms with E-state index in [1.807, 2.05) is 50.5 Å². The number of ether oxygens (including phenoxy) is 2. The number of aryl methyl sites for hydroxylation is 3. The van der Waals surface area contributed by atoms with Gasteiger partial charge in [0, 0.05) is 33.6 Å². The Morgan fingerprint density at radius 1 is 1.12 bits per heavy atom. The van der Waals surface area contributed by atoms with Crippen molar-refractivity contribution in [3.8, 4) is 22.8 Å². The molecule has 0 bridgehead atoms. The number of carbonyl (C=O) groups excluding carboxylic acids is 1. The van der Waals surface area contributed by atoms with Gasteiger partial charge in [-0.2, -0.15) is 0 Å². The standard InChI is InChI=1S/C24H24N4O3S2/c1-13-7-18(19-11-32-16(4)26-19)15(3)28(13)10-23(29)27-24-25-14(2)22(33-24)9-17-5-6-20-21(8-17)31-12-30-20/h5-8,11H,9-10,12H2,1-4H3,(H,25,27,29). The highest BCUT2D eigenvalue weighted by atomic mass is 32.1. The average molecular weight is 481 g/mol. The number of fused-ring (bicyclic) bond motifs is 1. The van der Waals surface area contributed by atoms with Gasteiger partial charge < -0.3 is 19.4 Å². The molecule has 0 aliphatic carbocycles. The molecule has 4 heterocycles. The molecule has 33 heavy (non-hydrogen) atoms. The lowest BCUT2D eigenvalue weighted by atomic mass is 10.1. The number of thiazole rings is 2. The Bertz CT molecular complexity index is 1350.